The van der Waals surface area contributed by atoms with Crippen LogP contribution in [-0.4, -0.2) is 25.4 Å². The minimum Gasteiger partial charge on any atom is -0.406 e. The second-order valence-corrected chi connectivity index (χ2v) is 5.45. The van der Waals surface area contributed by atoms with Crippen molar-refractivity contribution in [3.8, 4) is 5.75 Å². The highest BCUT2D eigenvalue weighted by molar-refractivity contribution is 5.80. The molecule has 2 N–H and O–H groups in total. The van der Waals surface area contributed by atoms with Gasteiger partial charge in [-0.3, -0.25) is 4.79 Å². The molecular formula is C18H19F3N2O2. The summed E-state index contributed by atoms with van der Waals surface area (Å²) in [6, 6.07) is 13.2. The Bertz CT molecular complexity index is 700. The van der Waals surface area contributed by atoms with Crippen molar-refractivity contribution < 1.29 is 22.7 Å². The maximum absolute atomic E-state index is 12.1. The first-order valence-electron chi connectivity index (χ1n) is 7.74. The number of benzene rings is 2. The lowest BCUT2D eigenvalue weighted by Gasteiger charge is -2.11. The summed E-state index contributed by atoms with van der Waals surface area (Å²) < 4.78 is 40.0. The zero-order chi connectivity index (χ0) is 18.3. The fraction of sp³-hybridized carbons (Fsp3) is 0.278. The fourth-order valence-corrected chi connectivity index (χ4v) is 2.25. The monoisotopic (exact) mass is 352 g/mol. The molecule has 0 radical (unpaired) electrons. The molecule has 2 aromatic rings. The van der Waals surface area contributed by atoms with E-state index in [4.69, 9.17) is 0 Å². The van der Waals surface area contributed by atoms with Crippen LogP contribution in [0.4, 0.5) is 18.9 Å². The number of aryl methyl sites for hydroxylation is 1. The molecule has 0 heterocycles. The lowest BCUT2D eigenvalue weighted by molar-refractivity contribution is -0.274. The van der Waals surface area contributed by atoms with Crippen LogP contribution < -0.4 is 15.4 Å². The number of rotatable bonds is 7. The predicted octanol–water partition coefficient (Wildman–Crippen LogP) is 3.66. The summed E-state index contributed by atoms with van der Waals surface area (Å²) >= 11 is 0. The summed E-state index contributed by atoms with van der Waals surface area (Å²) in [6.07, 6.45) is -3.98. The molecule has 0 fully saturated rings. The number of alkyl halides is 3. The maximum Gasteiger partial charge on any atom is 0.573 e. The molecular weight excluding hydrogens is 333 g/mol. The van der Waals surface area contributed by atoms with Gasteiger partial charge in [0.2, 0.25) is 5.91 Å². The average Bonchev–Trinajstić information content (AvgIpc) is 2.54. The minimum atomic E-state index is -4.72. The quantitative estimate of drug-likeness (QED) is 0.799. The van der Waals surface area contributed by atoms with Crippen LogP contribution in [0, 0.1) is 6.92 Å². The Morgan fingerprint density at radius 1 is 1.08 bits per heavy atom. The van der Waals surface area contributed by atoms with Crippen LogP contribution >= 0.6 is 0 Å². The lowest BCUT2D eigenvalue weighted by Crippen LogP contribution is -2.31. The minimum absolute atomic E-state index is 0.0350. The van der Waals surface area contributed by atoms with E-state index in [1.54, 1.807) is 0 Å². The Labute approximate surface area is 144 Å². The highest BCUT2D eigenvalue weighted by atomic mass is 19.4. The smallest absolute Gasteiger partial charge is 0.406 e. The molecule has 134 valence electrons. The second-order valence-electron chi connectivity index (χ2n) is 5.45. The van der Waals surface area contributed by atoms with E-state index in [2.05, 4.69) is 15.4 Å². The Balaban J connectivity index is 1.72. The van der Waals surface area contributed by atoms with Gasteiger partial charge in [-0.25, -0.2) is 0 Å². The lowest BCUT2D eigenvalue weighted by atomic mass is 10.1. The summed E-state index contributed by atoms with van der Waals surface area (Å²) in [5, 5.41) is 5.64. The number of carbonyl (C=O) groups is 1. The van der Waals surface area contributed by atoms with Crippen LogP contribution in [0.15, 0.2) is 48.5 Å². The van der Waals surface area contributed by atoms with Gasteiger partial charge in [0.1, 0.15) is 5.75 Å². The van der Waals surface area contributed by atoms with E-state index in [1.807, 2.05) is 31.2 Å². The number of halogens is 3. The van der Waals surface area contributed by atoms with E-state index >= 15 is 0 Å². The number of nitrogens with one attached hydrogen (secondary N) is 2. The third-order valence-corrected chi connectivity index (χ3v) is 3.52. The molecule has 0 bridgehead atoms. The highest BCUT2D eigenvalue weighted by Crippen LogP contribution is 2.23. The summed E-state index contributed by atoms with van der Waals surface area (Å²) in [5.41, 5.74) is 2.88. The van der Waals surface area contributed by atoms with Gasteiger partial charge >= 0.3 is 6.36 Å². The summed E-state index contributed by atoms with van der Waals surface area (Å²) in [4.78, 5) is 11.8. The summed E-state index contributed by atoms with van der Waals surface area (Å²) in [5.74, 6) is -0.495. The van der Waals surface area contributed by atoms with Crippen LogP contribution in [0.1, 0.15) is 11.1 Å². The van der Waals surface area contributed by atoms with Crippen LogP contribution in [0.25, 0.3) is 0 Å². The number of ether oxygens (including phenoxy) is 1. The normalized spacial score (nSPS) is 11.0. The van der Waals surface area contributed by atoms with Gasteiger partial charge in [-0.15, -0.1) is 13.2 Å². The molecule has 0 unspecified atom stereocenters. The predicted molar refractivity (Wildman–Crippen MR) is 89.5 cm³/mol. The van der Waals surface area contributed by atoms with Crippen molar-refractivity contribution in [2.75, 3.05) is 18.4 Å². The fourth-order valence-electron chi connectivity index (χ4n) is 2.25. The SMILES string of the molecule is Cc1ccccc1CCNC(=O)CNc1ccc(OC(F)(F)F)cc1. The Hall–Kier alpha value is -2.70. The van der Waals surface area contributed by atoms with Gasteiger partial charge in [0.25, 0.3) is 0 Å². The summed E-state index contributed by atoms with van der Waals surface area (Å²) in [6.45, 7) is 2.57. The topological polar surface area (TPSA) is 50.4 Å². The van der Waals surface area contributed by atoms with Gasteiger partial charge < -0.3 is 15.4 Å². The molecule has 0 saturated carbocycles. The van der Waals surface area contributed by atoms with E-state index in [-0.39, 0.29) is 18.2 Å². The third-order valence-electron chi connectivity index (χ3n) is 3.52. The van der Waals surface area contributed by atoms with E-state index in [9.17, 15) is 18.0 Å². The van der Waals surface area contributed by atoms with Crippen LogP contribution in [-0.2, 0) is 11.2 Å². The van der Waals surface area contributed by atoms with E-state index in [0.717, 1.165) is 6.42 Å². The zero-order valence-corrected chi connectivity index (χ0v) is 13.7. The number of amides is 1. The number of hydrogen-bond donors (Lipinski definition) is 2. The third kappa shape index (κ3) is 6.74. The zero-order valence-electron chi connectivity index (χ0n) is 13.7. The van der Waals surface area contributed by atoms with Gasteiger partial charge in [0.15, 0.2) is 0 Å². The number of anilines is 1. The highest BCUT2D eigenvalue weighted by Gasteiger charge is 2.30. The molecule has 0 spiro atoms. The van der Waals surface area contributed by atoms with Gasteiger partial charge in [-0.1, -0.05) is 24.3 Å². The van der Waals surface area contributed by atoms with Gasteiger partial charge in [-0.05, 0) is 48.7 Å². The van der Waals surface area contributed by atoms with E-state index < -0.39 is 6.36 Å². The van der Waals surface area contributed by atoms with Crippen molar-refractivity contribution in [2.24, 2.45) is 0 Å². The molecule has 25 heavy (non-hydrogen) atoms. The second kappa shape index (κ2) is 8.41. The van der Waals surface area contributed by atoms with Crippen LogP contribution in [0.3, 0.4) is 0 Å². The standard InChI is InChI=1S/C18H19F3N2O2/c1-13-4-2-3-5-14(13)10-11-22-17(24)12-23-15-6-8-16(9-7-15)25-18(19,20)21/h2-9,23H,10-12H2,1H3,(H,22,24). The van der Waals surface area contributed by atoms with Gasteiger partial charge in [0, 0.05) is 12.2 Å². The molecule has 0 aliphatic carbocycles. The number of carbonyl (C=O) groups excluding carboxylic acids is 1. The largest absolute Gasteiger partial charge is 0.573 e. The molecule has 0 aliphatic rings. The van der Waals surface area contributed by atoms with Gasteiger partial charge in [0.05, 0.1) is 6.54 Å². The first-order chi connectivity index (χ1) is 11.8. The molecule has 2 rings (SSSR count). The van der Waals surface area contributed by atoms with Crippen molar-refractivity contribution >= 4 is 11.6 Å². The van der Waals surface area contributed by atoms with Crippen molar-refractivity contribution in [2.45, 2.75) is 19.7 Å². The Morgan fingerprint density at radius 3 is 2.40 bits per heavy atom. The average molecular weight is 352 g/mol. The molecule has 0 aliphatic heterocycles. The number of hydrogen-bond acceptors (Lipinski definition) is 3. The van der Waals surface area contributed by atoms with Crippen molar-refractivity contribution in [3.05, 3.63) is 59.7 Å². The molecule has 2 aromatic carbocycles. The van der Waals surface area contributed by atoms with Gasteiger partial charge in [-0.2, -0.15) is 0 Å². The van der Waals surface area contributed by atoms with Crippen LogP contribution in [0.2, 0.25) is 0 Å². The van der Waals surface area contributed by atoms with Crippen molar-refractivity contribution in [3.63, 3.8) is 0 Å². The Morgan fingerprint density at radius 2 is 1.76 bits per heavy atom. The molecule has 0 atom stereocenters. The van der Waals surface area contributed by atoms with Crippen molar-refractivity contribution in [1.29, 1.82) is 0 Å². The first-order valence-corrected chi connectivity index (χ1v) is 7.74. The van der Waals surface area contributed by atoms with E-state index in [0.29, 0.717) is 12.2 Å². The Kier molecular flexibility index (Phi) is 6.27. The maximum atomic E-state index is 12.1. The van der Waals surface area contributed by atoms with Crippen LogP contribution in [0.5, 0.6) is 5.75 Å². The molecule has 1 amide bonds. The molecule has 0 aromatic heterocycles. The molecule has 7 heteroatoms. The molecule has 0 saturated heterocycles. The van der Waals surface area contributed by atoms with E-state index in [1.165, 1.54) is 35.4 Å². The molecule has 4 nitrogen and oxygen atoms in total. The first kappa shape index (κ1) is 18.6. The van der Waals surface area contributed by atoms with Crippen molar-refractivity contribution in [1.82, 2.24) is 5.32 Å². The summed E-state index contributed by atoms with van der Waals surface area (Å²) in [7, 11) is 0.